The van der Waals surface area contributed by atoms with Crippen LogP contribution in [0, 0.1) is 0 Å². The van der Waals surface area contributed by atoms with Crippen LogP contribution in [0.15, 0.2) is 73.0 Å². The fourth-order valence-electron chi connectivity index (χ4n) is 2.60. The lowest BCUT2D eigenvalue weighted by Crippen LogP contribution is -2.38. The molecule has 0 saturated heterocycles. The summed E-state index contributed by atoms with van der Waals surface area (Å²) in [6.07, 6.45) is -3.07. The van der Waals surface area contributed by atoms with Crippen molar-refractivity contribution in [1.82, 2.24) is 10.3 Å². The molecule has 2 aromatic rings. The Balaban J connectivity index is 1.92. The minimum atomic E-state index is -4.58. The molecule has 0 fully saturated rings. The number of carbonyl (C=O) groups is 1. The lowest BCUT2D eigenvalue weighted by molar-refractivity contribution is -0.137. The Morgan fingerprint density at radius 2 is 1.83 bits per heavy atom. The average Bonchev–Trinajstić information content (AvgIpc) is 2.79. The van der Waals surface area contributed by atoms with E-state index in [-0.39, 0.29) is 35.6 Å². The van der Waals surface area contributed by atoms with E-state index in [0.29, 0.717) is 24.1 Å². The fraction of sp³-hybridized carbons (Fsp3) is 0.217. The molecule has 0 saturated carbocycles. The lowest BCUT2D eigenvalue weighted by Gasteiger charge is -2.17. The predicted molar refractivity (Wildman–Crippen MR) is 122 cm³/mol. The van der Waals surface area contributed by atoms with Gasteiger partial charge in [0.2, 0.25) is 5.88 Å². The third-order valence-electron chi connectivity index (χ3n) is 4.35. The number of amides is 1. The summed E-state index contributed by atoms with van der Waals surface area (Å²) in [7, 11) is 0. The Kier molecular flexibility index (Phi) is 10.1. The topological polar surface area (TPSA) is 60.5 Å². The van der Waals surface area contributed by atoms with E-state index in [0.717, 1.165) is 0 Å². The standard InChI is InChI=1S/C23H19Cl2F5N2O3/c1-3-19(27)20(13(2)26)21(33)32-15(11-24)8-9-34-16-4-6-17(7-5-16)35-22-18(25)10-14(12-31-22)23(28,29)30/h3-7,10,12,15H,1-2,8-9,11H2,(H,32,33)/b20-19-. The first kappa shape index (κ1) is 28.1. The third-order valence-corrected chi connectivity index (χ3v) is 4.99. The number of nitrogens with zero attached hydrogens (tertiary/aromatic N) is 1. The Morgan fingerprint density at radius 3 is 2.34 bits per heavy atom. The summed E-state index contributed by atoms with van der Waals surface area (Å²) in [5.74, 6) is -3.05. The van der Waals surface area contributed by atoms with Gasteiger partial charge < -0.3 is 14.8 Å². The van der Waals surface area contributed by atoms with Crippen LogP contribution in [-0.4, -0.2) is 29.4 Å². The molecule has 1 aromatic heterocycles. The number of benzene rings is 1. The van der Waals surface area contributed by atoms with Crippen molar-refractivity contribution >= 4 is 29.1 Å². The third kappa shape index (κ3) is 8.25. The van der Waals surface area contributed by atoms with E-state index in [1.165, 1.54) is 24.3 Å². The highest BCUT2D eigenvalue weighted by molar-refractivity contribution is 6.31. The molecule has 1 amide bonds. The molecule has 1 atom stereocenters. The van der Waals surface area contributed by atoms with Gasteiger partial charge in [-0.25, -0.2) is 13.8 Å². The minimum Gasteiger partial charge on any atom is -0.494 e. The van der Waals surface area contributed by atoms with Gasteiger partial charge in [0, 0.05) is 24.5 Å². The number of ether oxygens (including phenoxy) is 2. The molecule has 0 aliphatic carbocycles. The van der Waals surface area contributed by atoms with E-state index >= 15 is 0 Å². The van der Waals surface area contributed by atoms with Crippen LogP contribution in [0.25, 0.3) is 0 Å². The van der Waals surface area contributed by atoms with E-state index in [2.05, 4.69) is 23.5 Å². The average molecular weight is 537 g/mol. The molecule has 12 heteroatoms. The summed E-state index contributed by atoms with van der Waals surface area (Å²) >= 11 is 11.6. The van der Waals surface area contributed by atoms with E-state index < -0.39 is 40.9 Å². The molecule has 0 aliphatic rings. The van der Waals surface area contributed by atoms with Crippen LogP contribution in [0.4, 0.5) is 22.0 Å². The summed E-state index contributed by atoms with van der Waals surface area (Å²) in [5.41, 5.74) is -1.87. The van der Waals surface area contributed by atoms with Crippen LogP contribution >= 0.6 is 23.2 Å². The summed E-state index contributed by atoms with van der Waals surface area (Å²) in [5, 5.41) is 2.09. The van der Waals surface area contributed by atoms with Crippen molar-refractivity contribution in [3.8, 4) is 17.4 Å². The first-order valence-corrected chi connectivity index (χ1v) is 10.7. The van der Waals surface area contributed by atoms with Gasteiger partial charge in [0.15, 0.2) is 0 Å². The van der Waals surface area contributed by atoms with Gasteiger partial charge in [-0.3, -0.25) is 4.79 Å². The molecule has 1 N–H and O–H groups in total. The first-order valence-electron chi connectivity index (χ1n) is 9.83. The van der Waals surface area contributed by atoms with Gasteiger partial charge in [-0.05, 0) is 36.4 Å². The molecule has 1 unspecified atom stereocenters. The second-order valence-corrected chi connectivity index (χ2v) is 7.59. The Bertz CT molecular complexity index is 1110. The van der Waals surface area contributed by atoms with Crippen molar-refractivity contribution in [1.29, 1.82) is 0 Å². The number of hydrogen-bond donors (Lipinski definition) is 1. The van der Waals surface area contributed by atoms with E-state index in [9.17, 15) is 26.7 Å². The molecule has 0 spiro atoms. The second-order valence-electron chi connectivity index (χ2n) is 6.88. The fourth-order valence-corrected chi connectivity index (χ4v) is 3.04. The lowest BCUT2D eigenvalue weighted by atomic mass is 10.1. The smallest absolute Gasteiger partial charge is 0.417 e. The quantitative estimate of drug-likeness (QED) is 0.146. The van der Waals surface area contributed by atoms with Crippen molar-refractivity contribution in [2.24, 2.45) is 0 Å². The van der Waals surface area contributed by atoms with Gasteiger partial charge in [0.25, 0.3) is 5.91 Å². The van der Waals surface area contributed by atoms with Gasteiger partial charge in [-0.2, -0.15) is 13.2 Å². The van der Waals surface area contributed by atoms with Gasteiger partial charge >= 0.3 is 6.18 Å². The van der Waals surface area contributed by atoms with E-state index in [1.807, 2.05) is 0 Å². The number of pyridine rings is 1. The summed E-state index contributed by atoms with van der Waals surface area (Å²) in [6.45, 7) is 6.17. The Labute approximate surface area is 207 Å². The molecule has 2 rings (SSSR count). The van der Waals surface area contributed by atoms with Crippen molar-refractivity contribution in [2.75, 3.05) is 12.5 Å². The van der Waals surface area contributed by atoms with Gasteiger partial charge in [0.1, 0.15) is 33.7 Å². The molecule has 1 heterocycles. The van der Waals surface area contributed by atoms with Crippen molar-refractivity contribution in [3.63, 3.8) is 0 Å². The largest absolute Gasteiger partial charge is 0.494 e. The zero-order chi connectivity index (χ0) is 26.2. The molecule has 5 nitrogen and oxygen atoms in total. The number of halogens is 7. The number of rotatable bonds is 11. The monoisotopic (exact) mass is 536 g/mol. The van der Waals surface area contributed by atoms with Crippen LogP contribution in [0.2, 0.25) is 5.02 Å². The summed E-state index contributed by atoms with van der Waals surface area (Å²) in [4.78, 5) is 15.7. The van der Waals surface area contributed by atoms with Crippen molar-refractivity contribution < 1.29 is 36.2 Å². The zero-order valence-electron chi connectivity index (χ0n) is 18.0. The maximum absolute atomic E-state index is 13.7. The van der Waals surface area contributed by atoms with Gasteiger partial charge in [0.05, 0.1) is 12.2 Å². The molecule has 0 radical (unpaired) electrons. The molecule has 188 valence electrons. The number of carbonyl (C=O) groups excluding carboxylic acids is 1. The molecule has 0 bridgehead atoms. The minimum absolute atomic E-state index is 0.0511. The van der Waals surface area contributed by atoms with Crippen LogP contribution < -0.4 is 14.8 Å². The Morgan fingerprint density at radius 1 is 1.20 bits per heavy atom. The highest BCUT2D eigenvalue weighted by Crippen LogP contribution is 2.34. The number of nitrogens with one attached hydrogen (secondary N) is 1. The number of hydrogen-bond acceptors (Lipinski definition) is 4. The molecular formula is C23H19Cl2F5N2O3. The predicted octanol–water partition coefficient (Wildman–Crippen LogP) is 6.93. The van der Waals surface area contributed by atoms with Crippen molar-refractivity contribution in [2.45, 2.75) is 18.6 Å². The normalized spacial score (nSPS) is 12.9. The molecule has 0 aliphatic heterocycles. The highest BCUT2D eigenvalue weighted by atomic mass is 35.5. The SMILES string of the molecule is C=C/C(F)=C(\C(=C)F)C(=O)NC(CCl)CCOc1ccc(Oc2ncc(C(F)(F)F)cc2Cl)cc1. The molecular weight excluding hydrogens is 518 g/mol. The Hall–Kier alpha value is -3.11. The molecule has 35 heavy (non-hydrogen) atoms. The number of alkyl halides is 4. The van der Waals surface area contributed by atoms with Crippen LogP contribution in [0.1, 0.15) is 12.0 Å². The van der Waals surface area contributed by atoms with E-state index in [4.69, 9.17) is 32.7 Å². The van der Waals surface area contributed by atoms with Crippen LogP contribution in [0.5, 0.6) is 17.4 Å². The summed E-state index contributed by atoms with van der Waals surface area (Å²) < 4.78 is 76.1. The number of aromatic nitrogens is 1. The van der Waals surface area contributed by atoms with Crippen LogP contribution in [-0.2, 0) is 11.0 Å². The summed E-state index contributed by atoms with van der Waals surface area (Å²) in [6, 6.07) is 6.05. The van der Waals surface area contributed by atoms with Crippen LogP contribution in [0.3, 0.4) is 0 Å². The number of allylic oxidation sites excluding steroid dienone is 2. The zero-order valence-corrected chi connectivity index (χ0v) is 19.5. The van der Waals surface area contributed by atoms with Gasteiger partial charge in [-0.15, -0.1) is 11.6 Å². The maximum Gasteiger partial charge on any atom is 0.417 e. The van der Waals surface area contributed by atoms with Crippen molar-refractivity contribution in [3.05, 3.63) is 83.6 Å². The van der Waals surface area contributed by atoms with E-state index in [1.54, 1.807) is 0 Å². The molecule has 1 aromatic carbocycles. The highest BCUT2D eigenvalue weighted by Gasteiger charge is 2.31. The first-order chi connectivity index (χ1) is 16.5. The maximum atomic E-state index is 13.7. The van der Waals surface area contributed by atoms with Gasteiger partial charge in [-0.1, -0.05) is 24.8 Å². The second kappa shape index (κ2) is 12.6.